The molecule has 1 aliphatic heterocycles. The number of rotatable bonds is 4. The highest BCUT2D eigenvalue weighted by Crippen LogP contribution is 2.42. The highest BCUT2D eigenvalue weighted by atomic mass is 19.1. The van der Waals surface area contributed by atoms with Gasteiger partial charge in [0, 0.05) is 30.3 Å². The van der Waals surface area contributed by atoms with Crippen LogP contribution in [0.25, 0.3) is 5.52 Å². The molecule has 2 aliphatic rings. The van der Waals surface area contributed by atoms with Crippen LogP contribution in [0.2, 0.25) is 0 Å². The number of alkyl halides is 1. The fourth-order valence-corrected chi connectivity index (χ4v) is 4.14. The molecule has 2 aromatic heterocycles. The average Bonchev–Trinajstić information content (AvgIpc) is 3.32. The van der Waals surface area contributed by atoms with E-state index < -0.39 is 29.8 Å². The smallest absolute Gasteiger partial charge is 0.333 e. The Bertz CT molecular complexity index is 980. The first-order chi connectivity index (χ1) is 12.4. The normalized spacial score (nSPS) is 21.5. The number of hydrogen-bond donors (Lipinski definition) is 2. The third-order valence-electron chi connectivity index (χ3n) is 5.67. The van der Waals surface area contributed by atoms with Crippen molar-refractivity contribution in [1.29, 1.82) is 0 Å². The summed E-state index contributed by atoms with van der Waals surface area (Å²) in [6.45, 7) is 2.17. The lowest BCUT2D eigenvalue weighted by Crippen LogP contribution is -2.35. The van der Waals surface area contributed by atoms with Crippen LogP contribution < -0.4 is 21.9 Å². The predicted octanol–water partition coefficient (Wildman–Crippen LogP) is 1.44. The zero-order chi connectivity index (χ0) is 18.6. The molecular formula is C18H22F2N4O2. The summed E-state index contributed by atoms with van der Waals surface area (Å²) in [5.74, 6) is -0.461. The van der Waals surface area contributed by atoms with E-state index in [1.807, 2.05) is 4.90 Å². The molecule has 6 nitrogen and oxygen atoms in total. The number of nitrogens with zero attached hydrogens (tertiary/aromatic N) is 2. The summed E-state index contributed by atoms with van der Waals surface area (Å²) in [5, 5.41) is 0. The van der Waals surface area contributed by atoms with E-state index in [-0.39, 0.29) is 11.8 Å². The van der Waals surface area contributed by atoms with E-state index in [1.54, 1.807) is 6.92 Å². The third-order valence-corrected chi connectivity index (χ3v) is 5.67. The van der Waals surface area contributed by atoms with Crippen LogP contribution in [0.5, 0.6) is 0 Å². The highest BCUT2D eigenvalue weighted by Gasteiger charge is 2.33. The van der Waals surface area contributed by atoms with Crippen molar-refractivity contribution in [2.75, 3.05) is 24.7 Å². The SMILES string of the molecule is Cc1c(N2CCC(C(N)CF)C2)c(F)cn2c(=O)[nH]c(=O)c(C3CC3)c12. The van der Waals surface area contributed by atoms with E-state index >= 15 is 0 Å². The minimum atomic E-state index is -0.637. The average molecular weight is 364 g/mol. The zero-order valence-electron chi connectivity index (χ0n) is 14.6. The van der Waals surface area contributed by atoms with E-state index in [9.17, 15) is 18.4 Å². The maximum Gasteiger partial charge on any atom is 0.333 e. The van der Waals surface area contributed by atoms with E-state index in [0.717, 1.165) is 19.0 Å². The van der Waals surface area contributed by atoms with Gasteiger partial charge in [-0.15, -0.1) is 0 Å². The Balaban J connectivity index is 1.88. The summed E-state index contributed by atoms with van der Waals surface area (Å²) in [6.07, 6.45) is 3.61. The Morgan fingerprint density at radius 3 is 2.73 bits per heavy atom. The molecule has 140 valence electrons. The van der Waals surface area contributed by atoms with E-state index in [1.165, 1.54) is 4.40 Å². The summed E-state index contributed by atoms with van der Waals surface area (Å²) in [4.78, 5) is 28.7. The fourth-order valence-electron chi connectivity index (χ4n) is 4.14. The lowest BCUT2D eigenvalue weighted by atomic mass is 10.0. The molecule has 1 saturated carbocycles. The molecule has 3 heterocycles. The van der Waals surface area contributed by atoms with Gasteiger partial charge in [-0.3, -0.25) is 14.2 Å². The first-order valence-electron chi connectivity index (χ1n) is 8.96. The number of nitrogens with two attached hydrogens (primary N) is 1. The lowest BCUT2D eigenvalue weighted by molar-refractivity contribution is 0.350. The standard InChI is InChI=1S/C18H22F2N4O2/c1-9-15(23-5-4-11(7-23)13(21)6-19)12(20)8-24-16(9)14(10-2-3-10)17(25)22-18(24)26/h8,10-11,13H,2-7,21H2,1H3,(H,22,25,26). The Kier molecular flexibility index (Phi) is 4.10. The summed E-state index contributed by atoms with van der Waals surface area (Å²) >= 11 is 0. The summed E-state index contributed by atoms with van der Waals surface area (Å²) in [6, 6.07) is -0.559. The minimum absolute atomic E-state index is 0.0423. The van der Waals surface area contributed by atoms with Gasteiger partial charge in [0.15, 0.2) is 5.82 Å². The molecule has 2 unspecified atom stereocenters. The van der Waals surface area contributed by atoms with E-state index in [2.05, 4.69) is 4.98 Å². The molecule has 0 aromatic carbocycles. The maximum atomic E-state index is 14.9. The maximum absolute atomic E-state index is 14.9. The quantitative estimate of drug-likeness (QED) is 0.860. The van der Waals surface area contributed by atoms with Gasteiger partial charge in [-0.1, -0.05) is 0 Å². The van der Waals surface area contributed by atoms with Crippen molar-refractivity contribution < 1.29 is 8.78 Å². The minimum Gasteiger partial charge on any atom is -0.368 e. The molecule has 2 atom stereocenters. The molecule has 26 heavy (non-hydrogen) atoms. The Morgan fingerprint density at radius 2 is 2.08 bits per heavy atom. The molecule has 1 saturated heterocycles. The largest absolute Gasteiger partial charge is 0.368 e. The van der Waals surface area contributed by atoms with Gasteiger partial charge in [0.1, 0.15) is 6.67 Å². The first kappa shape index (κ1) is 17.2. The van der Waals surface area contributed by atoms with Gasteiger partial charge in [0.05, 0.1) is 17.4 Å². The zero-order valence-corrected chi connectivity index (χ0v) is 14.6. The Labute approximate surface area is 148 Å². The summed E-state index contributed by atoms with van der Waals surface area (Å²) < 4.78 is 28.9. The van der Waals surface area contributed by atoms with Crippen LogP contribution in [-0.2, 0) is 0 Å². The van der Waals surface area contributed by atoms with Gasteiger partial charge in [0.2, 0.25) is 0 Å². The molecule has 2 fully saturated rings. The van der Waals surface area contributed by atoms with Crippen molar-refractivity contribution in [3.8, 4) is 0 Å². The Hall–Kier alpha value is -2.22. The number of aryl methyl sites for hydroxylation is 1. The lowest BCUT2D eigenvalue weighted by Gasteiger charge is -2.24. The van der Waals surface area contributed by atoms with Crippen LogP contribution >= 0.6 is 0 Å². The second kappa shape index (κ2) is 6.19. The van der Waals surface area contributed by atoms with Crippen molar-refractivity contribution in [3.05, 3.63) is 44.0 Å². The summed E-state index contributed by atoms with van der Waals surface area (Å²) in [5.41, 5.74) is 6.79. The third kappa shape index (κ3) is 2.63. The van der Waals surface area contributed by atoms with Crippen molar-refractivity contribution in [2.24, 2.45) is 11.7 Å². The molecule has 3 N–H and O–H groups in total. The molecule has 0 bridgehead atoms. The number of hydrogen-bond acceptors (Lipinski definition) is 4. The van der Waals surface area contributed by atoms with Crippen molar-refractivity contribution in [3.63, 3.8) is 0 Å². The second-order valence-electron chi connectivity index (χ2n) is 7.43. The second-order valence-corrected chi connectivity index (χ2v) is 7.43. The van der Waals surface area contributed by atoms with Crippen LogP contribution in [0.15, 0.2) is 15.8 Å². The summed E-state index contributed by atoms with van der Waals surface area (Å²) in [7, 11) is 0. The van der Waals surface area contributed by atoms with Crippen LogP contribution in [0, 0.1) is 18.7 Å². The molecular weight excluding hydrogens is 342 g/mol. The molecule has 1 aliphatic carbocycles. The topological polar surface area (TPSA) is 83.6 Å². The van der Waals surface area contributed by atoms with Gasteiger partial charge in [0.25, 0.3) is 5.56 Å². The first-order valence-corrected chi connectivity index (χ1v) is 8.96. The van der Waals surface area contributed by atoms with Crippen LogP contribution in [0.3, 0.4) is 0 Å². The molecule has 8 heteroatoms. The number of halogens is 2. The number of fused-ring (bicyclic) bond motifs is 1. The van der Waals surface area contributed by atoms with Gasteiger partial charge in [-0.25, -0.2) is 13.6 Å². The van der Waals surface area contributed by atoms with Crippen LogP contribution in [0.1, 0.15) is 36.3 Å². The van der Waals surface area contributed by atoms with Gasteiger partial charge < -0.3 is 10.6 Å². The number of anilines is 1. The van der Waals surface area contributed by atoms with Gasteiger partial charge in [-0.05, 0) is 38.0 Å². The molecule has 2 aromatic rings. The van der Waals surface area contributed by atoms with Crippen LogP contribution in [-0.4, -0.2) is 35.2 Å². The Morgan fingerprint density at radius 1 is 1.35 bits per heavy atom. The van der Waals surface area contributed by atoms with Crippen LogP contribution in [0.4, 0.5) is 14.5 Å². The van der Waals surface area contributed by atoms with Gasteiger partial charge >= 0.3 is 5.69 Å². The van der Waals surface area contributed by atoms with Crippen molar-refractivity contribution in [1.82, 2.24) is 9.38 Å². The predicted molar refractivity (Wildman–Crippen MR) is 95.2 cm³/mol. The van der Waals surface area contributed by atoms with Crippen molar-refractivity contribution in [2.45, 2.75) is 38.1 Å². The number of nitrogens with one attached hydrogen (secondary N) is 1. The number of aromatic amines is 1. The van der Waals surface area contributed by atoms with E-state index in [4.69, 9.17) is 5.73 Å². The number of aromatic nitrogens is 2. The molecule has 0 amide bonds. The van der Waals surface area contributed by atoms with Crippen molar-refractivity contribution >= 4 is 11.2 Å². The number of pyridine rings is 1. The highest BCUT2D eigenvalue weighted by molar-refractivity contribution is 5.72. The molecule has 0 spiro atoms. The van der Waals surface area contributed by atoms with E-state index in [0.29, 0.717) is 41.8 Å². The van der Waals surface area contributed by atoms with Gasteiger partial charge in [-0.2, -0.15) is 0 Å². The fraction of sp³-hybridized carbons (Fsp3) is 0.556. The number of H-pyrrole nitrogens is 1. The molecule has 0 radical (unpaired) electrons. The monoisotopic (exact) mass is 364 g/mol. The molecule has 4 rings (SSSR count).